The lowest BCUT2D eigenvalue weighted by atomic mass is 9.96. The van der Waals surface area contributed by atoms with Gasteiger partial charge in [-0.05, 0) is 65.2 Å². The highest BCUT2D eigenvalue weighted by molar-refractivity contribution is 6.33. The van der Waals surface area contributed by atoms with E-state index in [0.29, 0.717) is 22.2 Å². The van der Waals surface area contributed by atoms with Crippen molar-refractivity contribution in [1.82, 2.24) is 14.9 Å². The van der Waals surface area contributed by atoms with Crippen molar-refractivity contribution in [2.24, 2.45) is 0 Å². The topological polar surface area (TPSA) is 55.6 Å². The number of carbonyl (C=O) groups is 1. The van der Waals surface area contributed by atoms with E-state index in [0.717, 1.165) is 34.4 Å². The minimum atomic E-state index is -0.471. The van der Waals surface area contributed by atoms with Gasteiger partial charge in [0.1, 0.15) is 5.75 Å². The first-order chi connectivity index (χ1) is 14.6. The van der Waals surface area contributed by atoms with Gasteiger partial charge >= 0.3 is 0 Å². The highest BCUT2D eigenvalue weighted by atomic mass is 35.5. The number of nitrogens with zero attached hydrogens (tertiary/aromatic N) is 2. The SMILES string of the molecule is O=C(NC(c1ccc2c(c1)CCO2)c1cc(Cl)ccc1Cl)c1ccn2ncccc12. The summed E-state index contributed by atoms with van der Waals surface area (Å²) in [5, 5.41) is 8.45. The van der Waals surface area contributed by atoms with Gasteiger partial charge < -0.3 is 10.1 Å². The fourth-order valence-electron chi connectivity index (χ4n) is 3.81. The first-order valence-corrected chi connectivity index (χ1v) is 10.3. The Balaban J connectivity index is 1.57. The van der Waals surface area contributed by atoms with Gasteiger partial charge in [0, 0.05) is 28.9 Å². The molecule has 7 heteroatoms. The predicted octanol–water partition coefficient (Wildman–Crippen LogP) is 5.10. The molecular formula is C23H17Cl2N3O2. The Labute approximate surface area is 183 Å². The van der Waals surface area contributed by atoms with E-state index in [1.807, 2.05) is 18.2 Å². The summed E-state index contributed by atoms with van der Waals surface area (Å²) in [6.45, 7) is 0.664. The second-order valence-corrected chi connectivity index (χ2v) is 7.96. The van der Waals surface area contributed by atoms with Crippen LogP contribution in [-0.2, 0) is 6.42 Å². The van der Waals surface area contributed by atoms with Crippen molar-refractivity contribution in [2.75, 3.05) is 6.61 Å². The van der Waals surface area contributed by atoms with Crippen molar-refractivity contribution in [3.63, 3.8) is 0 Å². The van der Waals surface area contributed by atoms with Gasteiger partial charge in [0.25, 0.3) is 5.91 Å². The number of amides is 1. The third-order valence-corrected chi connectivity index (χ3v) is 5.85. The van der Waals surface area contributed by atoms with Crippen molar-refractivity contribution >= 4 is 34.6 Å². The molecule has 1 N–H and O–H groups in total. The first kappa shape index (κ1) is 19.0. The van der Waals surface area contributed by atoms with Crippen LogP contribution >= 0.6 is 23.2 Å². The summed E-state index contributed by atoms with van der Waals surface area (Å²) in [6, 6.07) is 16.2. The molecule has 2 aromatic heterocycles. The van der Waals surface area contributed by atoms with Crippen molar-refractivity contribution in [2.45, 2.75) is 12.5 Å². The van der Waals surface area contributed by atoms with E-state index < -0.39 is 6.04 Å². The van der Waals surface area contributed by atoms with Gasteiger partial charge in [0.15, 0.2) is 0 Å². The van der Waals surface area contributed by atoms with E-state index in [2.05, 4.69) is 16.5 Å². The Morgan fingerprint density at radius 3 is 2.93 bits per heavy atom. The summed E-state index contributed by atoms with van der Waals surface area (Å²) < 4.78 is 7.30. The molecule has 1 atom stereocenters. The highest BCUT2D eigenvalue weighted by Gasteiger charge is 2.24. The van der Waals surface area contributed by atoms with Crippen LogP contribution in [0, 0.1) is 0 Å². The summed E-state index contributed by atoms with van der Waals surface area (Å²) in [6.07, 6.45) is 4.27. The van der Waals surface area contributed by atoms with E-state index >= 15 is 0 Å². The Morgan fingerprint density at radius 1 is 1.13 bits per heavy atom. The maximum atomic E-state index is 13.3. The van der Waals surface area contributed by atoms with Crippen LogP contribution < -0.4 is 10.1 Å². The van der Waals surface area contributed by atoms with Gasteiger partial charge in [-0.15, -0.1) is 0 Å². The van der Waals surface area contributed by atoms with Gasteiger partial charge in [-0.2, -0.15) is 5.10 Å². The first-order valence-electron chi connectivity index (χ1n) is 9.54. The van der Waals surface area contributed by atoms with Crippen molar-refractivity contribution < 1.29 is 9.53 Å². The molecule has 5 rings (SSSR count). The van der Waals surface area contributed by atoms with Gasteiger partial charge in [-0.3, -0.25) is 4.79 Å². The predicted molar refractivity (Wildman–Crippen MR) is 117 cm³/mol. The Morgan fingerprint density at radius 2 is 2.03 bits per heavy atom. The molecule has 150 valence electrons. The highest BCUT2D eigenvalue weighted by Crippen LogP contribution is 2.34. The molecule has 2 aromatic carbocycles. The molecular weight excluding hydrogens is 421 g/mol. The Bertz CT molecular complexity index is 1270. The lowest BCUT2D eigenvalue weighted by Crippen LogP contribution is -2.29. The fraction of sp³-hybridized carbons (Fsp3) is 0.130. The number of benzene rings is 2. The smallest absolute Gasteiger partial charge is 0.254 e. The number of aromatic nitrogens is 2. The van der Waals surface area contributed by atoms with Gasteiger partial charge in [0.2, 0.25) is 0 Å². The average Bonchev–Trinajstić information content (AvgIpc) is 3.40. The molecule has 1 aliphatic rings. The van der Waals surface area contributed by atoms with Crippen LogP contribution in [0.2, 0.25) is 10.0 Å². The molecule has 3 heterocycles. The maximum absolute atomic E-state index is 13.3. The quantitative estimate of drug-likeness (QED) is 0.483. The summed E-state index contributed by atoms with van der Waals surface area (Å²) in [5.41, 5.74) is 4.03. The van der Waals surface area contributed by atoms with E-state index in [4.69, 9.17) is 27.9 Å². The van der Waals surface area contributed by atoms with Crippen LogP contribution in [0.3, 0.4) is 0 Å². The van der Waals surface area contributed by atoms with E-state index in [1.54, 1.807) is 47.2 Å². The van der Waals surface area contributed by atoms with E-state index in [1.165, 1.54) is 0 Å². The lowest BCUT2D eigenvalue weighted by Gasteiger charge is -2.22. The summed E-state index contributed by atoms with van der Waals surface area (Å²) in [4.78, 5) is 13.3. The number of carbonyl (C=O) groups excluding carboxylic acids is 1. The molecule has 0 spiro atoms. The molecule has 1 aliphatic heterocycles. The van der Waals surface area contributed by atoms with Crippen LogP contribution in [0.1, 0.15) is 33.1 Å². The molecule has 0 saturated carbocycles. The summed E-state index contributed by atoms with van der Waals surface area (Å²) in [5.74, 6) is 0.661. The van der Waals surface area contributed by atoms with Crippen molar-refractivity contribution in [3.8, 4) is 5.75 Å². The number of rotatable bonds is 4. The van der Waals surface area contributed by atoms with Gasteiger partial charge in [-0.25, -0.2) is 4.52 Å². The largest absolute Gasteiger partial charge is 0.493 e. The van der Waals surface area contributed by atoms with Crippen LogP contribution in [0.25, 0.3) is 5.52 Å². The molecule has 0 bridgehead atoms. The molecule has 0 aliphatic carbocycles. The third-order valence-electron chi connectivity index (χ3n) is 5.27. The summed E-state index contributed by atoms with van der Waals surface area (Å²) in [7, 11) is 0. The van der Waals surface area contributed by atoms with Crippen LogP contribution in [0.4, 0.5) is 0 Å². The number of halogens is 2. The third kappa shape index (κ3) is 3.40. The normalized spacial score (nSPS) is 13.7. The molecule has 0 fully saturated rings. The van der Waals surface area contributed by atoms with Crippen LogP contribution in [-0.4, -0.2) is 22.1 Å². The molecule has 30 heavy (non-hydrogen) atoms. The monoisotopic (exact) mass is 437 g/mol. The van der Waals surface area contributed by atoms with Crippen molar-refractivity contribution in [3.05, 3.63) is 99.3 Å². The van der Waals surface area contributed by atoms with E-state index in [-0.39, 0.29) is 5.91 Å². The lowest BCUT2D eigenvalue weighted by molar-refractivity contribution is 0.0944. The number of nitrogens with one attached hydrogen (secondary N) is 1. The minimum Gasteiger partial charge on any atom is -0.493 e. The zero-order valence-corrected chi connectivity index (χ0v) is 17.3. The number of ether oxygens (including phenoxy) is 1. The average molecular weight is 438 g/mol. The number of hydrogen-bond acceptors (Lipinski definition) is 3. The van der Waals surface area contributed by atoms with Crippen molar-refractivity contribution in [1.29, 1.82) is 0 Å². The zero-order valence-electron chi connectivity index (χ0n) is 15.8. The molecule has 4 aromatic rings. The van der Waals surface area contributed by atoms with Crippen LogP contribution in [0.5, 0.6) is 5.75 Å². The zero-order chi connectivity index (χ0) is 20.7. The minimum absolute atomic E-state index is 0.219. The van der Waals surface area contributed by atoms with Gasteiger partial charge in [0.05, 0.1) is 23.7 Å². The fourth-order valence-corrected chi connectivity index (χ4v) is 4.22. The number of fused-ring (bicyclic) bond motifs is 2. The van der Waals surface area contributed by atoms with E-state index in [9.17, 15) is 4.79 Å². The molecule has 0 radical (unpaired) electrons. The van der Waals surface area contributed by atoms with Crippen LogP contribution in [0.15, 0.2) is 67.0 Å². The molecule has 5 nitrogen and oxygen atoms in total. The molecule has 0 saturated heterocycles. The second-order valence-electron chi connectivity index (χ2n) is 7.12. The number of hydrogen-bond donors (Lipinski definition) is 1. The maximum Gasteiger partial charge on any atom is 0.254 e. The Kier molecular flexibility index (Phi) is 4.85. The molecule has 1 unspecified atom stereocenters. The second kappa shape index (κ2) is 7.67. The summed E-state index contributed by atoms with van der Waals surface area (Å²) >= 11 is 12.8. The standard InChI is InChI=1S/C23H17Cl2N3O2/c24-16-4-5-19(25)18(13-16)22(15-3-6-21-14(12-15)8-11-30-21)27-23(29)17-7-10-28-20(17)2-1-9-26-28/h1-7,9-10,12-13,22H,8,11H2,(H,27,29). The molecule has 1 amide bonds. The Hall–Kier alpha value is -3.02. The van der Waals surface area contributed by atoms with Gasteiger partial charge in [-0.1, -0.05) is 29.3 Å².